The summed E-state index contributed by atoms with van der Waals surface area (Å²) in [6.07, 6.45) is 0.864. The first-order chi connectivity index (χ1) is 11.6. The van der Waals surface area contributed by atoms with Crippen LogP contribution < -0.4 is 14.8 Å². The number of benzene rings is 2. The number of carbonyl (C=O) groups is 1. The number of hydrogen-bond donors (Lipinski definition) is 1. The van der Waals surface area contributed by atoms with Crippen LogP contribution in [0, 0.1) is 0 Å². The van der Waals surface area contributed by atoms with E-state index in [9.17, 15) is 13.6 Å². The molecule has 24 heavy (non-hydrogen) atoms. The maximum Gasteiger partial charge on any atom is 0.387 e. The summed E-state index contributed by atoms with van der Waals surface area (Å²) in [5, 5.41) is 2.72. The number of halogens is 2. The van der Waals surface area contributed by atoms with E-state index in [2.05, 4.69) is 10.1 Å². The lowest BCUT2D eigenvalue weighted by Crippen LogP contribution is -2.23. The SMILES string of the molecule is COc1cccc(CCC(=O)NCc2ccccc2OC(F)F)c1. The van der Waals surface area contributed by atoms with Gasteiger partial charge in [-0.05, 0) is 30.2 Å². The summed E-state index contributed by atoms with van der Waals surface area (Å²) in [6, 6.07) is 13.9. The third kappa shape index (κ3) is 5.53. The molecule has 0 unspecified atom stereocenters. The first-order valence-corrected chi connectivity index (χ1v) is 7.51. The molecule has 1 N–H and O–H groups in total. The Labute approximate surface area is 139 Å². The van der Waals surface area contributed by atoms with E-state index >= 15 is 0 Å². The smallest absolute Gasteiger partial charge is 0.387 e. The van der Waals surface area contributed by atoms with Crippen LogP contribution in [-0.2, 0) is 17.8 Å². The number of carbonyl (C=O) groups excluding carboxylic acids is 1. The number of amides is 1. The number of aryl methyl sites for hydroxylation is 1. The standard InChI is InChI=1S/C18H19F2NO3/c1-23-15-7-4-5-13(11-15)9-10-17(22)21-12-14-6-2-3-8-16(14)24-18(19)20/h2-8,11,18H,9-10,12H2,1H3,(H,21,22). The van der Waals surface area contributed by atoms with Gasteiger partial charge in [0, 0.05) is 18.5 Å². The average Bonchev–Trinajstić information content (AvgIpc) is 2.59. The van der Waals surface area contributed by atoms with Gasteiger partial charge in [-0.3, -0.25) is 4.79 Å². The summed E-state index contributed by atoms with van der Waals surface area (Å²) < 4.78 is 34.3. The molecule has 0 saturated heterocycles. The molecule has 2 rings (SSSR count). The minimum Gasteiger partial charge on any atom is -0.497 e. The highest BCUT2D eigenvalue weighted by Crippen LogP contribution is 2.20. The Balaban J connectivity index is 1.85. The van der Waals surface area contributed by atoms with Crippen LogP contribution in [0.2, 0.25) is 0 Å². The number of nitrogens with one attached hydrogen (secondary N) is 1. The van der Waals surface area contributed by atoms with E-state index in [1.807, 2.05) is 24.3 Å². The molecule has 0 spiro atoms. The molecule has 4 nitrogen and oxygen atoms in total. The molecular formula is C18H19F2NO3. The van der Waals surface area contributed by atoms with E-state index in [0.29, 0.717) is 18.4 Å². The zero-order valence-electron chi connectivity index (χ0n) is 13.3. The number of alkyl halides is 2. The van der Waals surface area contributed by atoms with Crippen molar-refractivity contribution in [2.45, 2.75) is 26.0 Å². The third-order valence-electron chi connectivity index (χ3n) is 3.44. The minimum atomic E-state index is -2.89. The Kier molecular flexibility index (Phi) is 6.54. The molecule has 0 aliphatic rings. The molecule has 2 aromatic carbocycles. The molecule has 1 amide bonds. The van der Waals surface area contributed by atoms with Crippen LogP contribution in [-0.4, -0.2) is 19.6 Å². The van der Waals surface area contributed by atoms with Gasteiger partial charge in [0.25, 0.3) is 0 Å². The second kappa shape index (κ2) is 8.86. The predicted molar refractivity (Wildman–Crippen MR) is 86.2 cm³/mol. The normalized spacial score (nSPS) is 10.5. The van der Waals surface area contributed by atoms with Crippen molar-refractivity contribution in [3.8, 4) is 11.5 Å². The Bertz CT molecular complexity index is 677. The number of para-hydroxylation sites is 1. The quantitative estimate of drug-likeness (QED) is 0.803. The topological polar surface area (TPSA) is 47.6 Å². The Morgan fingerprint density at radius 2 is 1.96 bits per heavy atom. The van der Waals surface area contributed by atoms with Crippen LogP contribution in [0.1, 0.15) is 17.5 Å². The van der Waals surface area contributed by atoms with Crippen molar-refractivity contribution < 1.29 is 23.0 Å². The third-order valence-corrected chi connectivity index (χ3v) is 3.44. The van der Waals surface area contributed by atoms with Crippen molar-refractivity contribution in [2.24, 2.45) is 0 Å². The molecule has 2 aromatic rings. The van der Waals surface area contributed by atoms with Gasteiger partial charge < -0.3 is 14.8 Å². The molecular weight excluding hydrogens is 316 g/mol. The van der Waals surface area contributed by atoms with Crippen LogP contribution in [0.5, 0.6) is 11.5 Å². The van der Waals surface area contributed by atoms with E-state index < -0.39 is 6.61 Å². The number of rotatable bonds is 8. The highest BCUT2D eigenvalue weighted by molar-refractivity contribution is 5.76. The summed E-state index contributed by atoms with van der Waals surface area (Å²) in [7, 11) is 1.59. The van der Waals surface area contributed by atoms with Gasteiger partial charge in [0.2, 0.25) is 5.91 Å². The first kappa shape index (κ1) is 17.7. The Morgan fingerprint density at radius 3 is 2.71 bits per heavy atom. The zero-order valence-corrected chi connectivity index (χ0v) is 13.3. The maximum absolute atomic E-state index is 12.3. The molecule has 0 bridgehead atoms. The predicted octanol–water partition coefficient (Wildman–Crippen LogP) is 3.55. The molecule has 0 aromatic heterocycles. The van der Waals surface area contributed by atoms with Gasteiger partial charge in [-0.15, -0.1) is 0 Å². The molecule has 6 heteroatoms. The van der Waals surface area contributed by atoms with Gasteiger partial charge in [0.15, 0.2) is 0 Å². The fourth-order valence-electron chi connectivity index (χ4n) is 2.23. The van der Waals surface area contributed by atoms with E-state index in [1.54, 1.807) is 25.3 Å². The van der Waals surface area contributed by atoms with Crippen molar-refractivity contribution >= 4 is 5.91 Å². The second-order valence-electron chi connectivity index (χ2n) is 5.11. The summed E-state index contributed by atoms with van der Waals surface area (Å²) in [6.45, 7) is -2.75. The van der Waals surface area contributed by atoms with Gasteiger partial charge in [0.05, 0.1) is 7.11 Å². The molecule has 0 aliphatic heterocycles. The summed E-state index contributed by atoms with van der Waals surface area (Å²) in [5.41, 5.74) is 1.50. The molecule has 0 fully saturated rings. The van der Waals surface area contributed by atoms with Crippen LogP contribution >= 0.6 is 0 Å². The van der Waals surface area contributed by atoms with Gasteiger partial charge in [-0.2, -0.15) is 8.78 Å². The van der Waals surface area contributed by atoms with E-state index in [1.165, 1.54) is 6.07 Å². The fourth-order valence-corrected chi connectivity index (χ4v) is 2.23. The summed E-state index contributed by atoms with van der Waals surface area (Å²) >= 11 is 0. The average molecular weight is 335 g/mol. The van der Waals surface area contributed by atoms with Crippen LogP contribution in [0.4, 0.5) is 8.78 Å². The fraction of sp³-hybridized carbons (Fsp3) is 0.278. The van der Waals surface area contributed by atoms with Gasteiger partial charge in [-0.25, -0.2) is 0 Å². The lowest BCUT2D eigenvalue weighted by atomic mass is 10.1. The van der Waals surface area contributed by atoms with Crippen LogP contribution in [0.15, 0.2) is 48.5 Å². The molecule has 0 aliphatic carbocycles. The van der Waals surface area contributed by atoms with Gasteiger partial charge in [-0.1, -0.05) is 30.3 Å². The van der Waals surface area contributed by atoms with Crippen molar-refractivity contribution in [3.63, 3.8) is 0 Å². The monoisotopic (exact) mass is 335 g/mol. The van der Waals surface area contributed by atoms with E-state index in [0.717, 1.165) is 11.3 Å². The van der Waals surface area contributed by atoms with Crippen molar-refractivity contribution in [1.29, 1.82) is 0 Å². The first-order valence-electron chi connectivity index (χ1n) is 7.51. The highest BCUT2D eigenvalue weighted by atomic mass is 19.3. The van der Waals surface area contributed by atoms with Crippen LogP contribution in [0.25, 0.3) is 0 Å². The van der Waals surface area contributed by atoms with E-state index in [-0.39, 0.29) is 18.2 Å². The largest absolute Gasteiger partial charge is 0.497 e. The molecule has 0 heterocycles. The van der Waals surface area contributed by atoms with Gasteiger partial charge >= 0.3 is 6.61 Å². The number of methoxy groups -OCH3 is 1. The lowest BCUT2D eigenvalue weighted by molar-refractivity contribution is -0.121. The Morgan fingerprint density at radius 1 is 1.17 bits per heavy atom. The van der Waals surface area contributed by atoms with Crippen molar-refractivity contribution in [1.82, 2.24) is 5.32 Å². The summed E-state index contributed by atoms with van der Waals surface area (Å²) in [4.78, 5) is 11.9. The number of hydrogen-bond acceptors (Lipinski definition) is 3. The number of ether oxygens (including phenoxy) is 2. The minimum absolute atomic E-state index is 0.0700. The lowest BCUT2D eigenvalue weighted by Gasteiger charge is -2.11. The molecule has 0 saturated carbocycles. The Hall–Kier alpha value is -2.63. The highest BCUT2D eigenvalue weighted by Gasteiger charge is 2.10. The van der Waals surface area contributed by atoms with Crippen molar-refractivity contribution in [2.75, 3.05) is 7.11 Å². The van der Waals surface area contributed by atoms with Crippen molar-refractivity contribution in [3.05, 3.63) is 59.7 Å². The second-order valence-corrected chi connectivity index (χ2v) is 5.11. The van der Waals surface area contributed by atoms with Gasteiger partial charge in [0.1, 0.15) is 11.5 Å². The van der Waals surface area contributed by atoms with E-state index in [4.69, 9.17) is 4.74 Å². The van der Waals surface area contributed by atoms with Crippen LogP contribution in [0.3, 0.4) is 0 Å². The summed E-state index contributed by atoms with van der Waals surface area (Å²) in [5.74, 6) is 0.649. The maximum atomic E-state index is 12.3. The molecule has 0 radical (unpaired) electrons. The molecule has 0 atom stereocenters. The molecule has 128 valence electrons. The zero-order chi connectivity index (χ0) is 17.4.